The van der Waals surface area contributed by atoms with E-state index >= 15 is 0 Å². The van der Waals surface area contributed by atoms with E-state index in [0.717, 1.165) is 29.2 Å². The third kappa shape index (κ3) is 3.28. The van der Waals surface area contributed by atoms with Crippen LogP contribution in [0.15, 0.2) is 127 Å². The number of para-hydroxylation sites is 3. The standard InChI is InChI=1S/C43H36N2O2/c1-41(2)33-25-27(44-35-17-9-5-13-29(35)30-14-6-10-18-36(30)44)21-23-39(33)46-43(41)42(3,4)34-26-28(22-24-40(34)47-43)45-37-19-11-7-15-31(37)32-16-8-12-20-38(32)45/h5-19,21-26,38H,20H2,1-4H3. The minimum Gasteiger partial charge on any atom is -0.450 e. The van der Waals surface area contributed by atoms with Crippen molar-refractivity contribution in [3.63, 3.8) is 0 Å². The molecule has 0 radical (unpaired) electrons. The lowest BCUT2D eigenvalue weighted by Crippen LogP contribution is -2.61. The van der Waals surface area contributed by atoms with Gasteiger partial charge in [0.25, 0.3) is 5.79 Å². The summed E-state index contributed by atoms with van der Waals surface area (Å²) in [7, 11) is 0. The van der Waals surface area contributed by atoms with E-state index in [1.54, 1.807) is 0 Å². The third-order valence-corrected chi connectivity index (χ3v) is 11.5. The summed E-state index contributed by atoms with van der Waals surface area (Å²) in [5.74, 6) is 0.872. The van der Waals surface area contributed by atoms with Gasteiger partial charge in [-0.2, -0.15) is 0 Å². The van der Waals surface area contributed by atoms with Crippen molar-refractivity contribution in [2.24, 2.45) is 0 Å². The predicted molar refractivity (Wildman–Crippen MR) is 191 cm³/mol. The second kappa shape index (κ2) is 8.98. The molecular formula is C43H36N2O2. The SMILES string of the molecule is CC1(C)c2cc(N3c4ccccc4C4=CC=CCC43)ccc2OC12Oc1ccc(-n3c4ccccc4c4ccccc43)cc1C2(C)C. The molecule has 2 unspecified atom stereocenters. The average molecular weight is 613 g/mol. The summed E-state index contributed by atoms with van der Waals surface area (Å²) in [5, 5.41) is 2.52. The Morgan fingerprint density at radius 1 is 0.638 bits per heavy atom. The molecule has 0 amide bonds. The largest absolute Gasteiger partial charge is 0.450 e. The van der Waals surface area contributed by atoms with Crippen molar-refractivity contribution in [3.05, 3.63) is 144 Å². The van der Waals surface area contributed by atoms with E-state index in [0.29, 0.717) is 0 Å². The second-order valence-electron chi connectivity index (χ2n) is 14.5. The molecule has 2 atom stereocenters. The highest BCUT2D eigenvalue weighted by atomic mass is 16.7. The van der Waals surface area contributed by atoms with E-state index in [1.807, 2.05) is 0 Å². The van der Waals surface area contributed by atoms with Crippen molar-refractivity contribution in [2.75, 3.05) is 4.90 Å². The summed E-state index contributed by atoms with van der Waals surface area (Å²) >= 11 is 0. The van der Waals surface area contributed by atoms with Gasteiger partial charge in [-0.3, -0.25) is 0 Å². The van der Waals surface area contributed by atoms with Gasteiger partial charge in [0.2, 0.25) is 0 Å². The van der Waals surface area contributed by atoms with Crippen LogP contribution in [0.25, 0.3) is 33.1 Å². The Morgan fingerprint density at radius 3 is 1.89 bits per heavy atom. The van der Waals surface area contributed by atoms with Crippen molar-refractivity contribution in [1.82, 2.24) is 4.57 Å². The van der Waals surface area contributed by atoms with E-state index in [9.17, 15) is 0 Å². The Hall–Kier alpha value is -5.22. The van der Waals surface area contributed by atoms with E-state index in [4.69, 9.17) is 9.47 Å². The van der Waals surface area contributed by atoms with Crippen LogP contribution in [0.2, 0.25) is 0 Å². The first kappa shape index (κ1) is 26.9. The van der Waals surface area contributed by atoms with E-state index in [1.165, 1.54) is 49.9 Å². The van der Waals surface area contributed by atoms with Crippen LogP contribution in [0.3, 0.4) is 0 Å². The quantitative estimate of drug-likeness (QED) is 0.195. The highest BCUT2D eigenvalue weighted by molar-refractivity contribution is 6.09. The van der Waals surface area contributed by atoms with Crippen molar-refractivity contribution in [3.8, 4) is 17.2 Å². The van der Waals surface area contributed by atoms with Crippen LogP contribution in [-0.4, -0.2) is 16.4 Å². The predicted octanol–water partition coefficient (Wildman–Crippen LogP) is 10.4. The molecule has 230 valence electrons. The molecule has 1 spiro atoms. The lowest BCUT2D eigenvalue weighted by atomic mass is 9.65. The number of benzene rings is 5. The molecule has 4 aliphatic rings. The molecule has 6 aromatic rings. The zero-order valence-corrected chi connectivity index (χ0v) is 27.1. The molecule has 5 aromatic carbocycles. The fourth-order valence-electron chi connectivity index (χ4n) is 9.20. The Balaban J connectivity index is 1.08. The van der Waals surface area contributed by atoms with Crippen LogP contribution in [0, 0.1) is 0 Å². The van der Waals surface area contributed by atoms with Gasteiger partial charge in [-0.25, -0.2) is 0 Å². The Kier molecular flexibility index (Phi) is 5.15. The Labute approximate surface area is 275 Å². The van der Waals surface area contributed by atoms with Crippen LogP contribution in [0.4, 0.5) is 11.4 Å². The number of fused-ring (bicyclic) bond motifs is 8. The van der Waals surface area contributed by atoms with Crippen molar-refractivity contribution in [2.45, 2.75) is 56.8 Å². The summed E-state index contributed by atoms with van der Waals surface area (Å²) in [4.78, 5) is 2.51. The maximum absolute atomic E-state index is 7.06. The Bertz CT molecular complexity index is 2320. The number of hydrogen-bond acceptors (Lipinski definition) is 3. The zero-order chi connectivity index (χ0) is 31.7. The second-order valence-corrected chi connectivity index (χ2v) is 14.5. The molecule has 10 rings (SSSR count). The van der Waals surface area contributed by atoms with Gasteiger partial charge in [0.15, 0.2) is 0 Å². The smallest absolute Gasteiger partial charge is 0.269 e. The first-order valence-electron chi connectivity index (χ1n) is 16.7. The maximum atomic E-state index is 7.06. The minimum absolute atomic E-state index is 0.289. The van der Waals surface area contributed by atoms with Crippen LogP contribution in [-0.2, 0) is 10.8 Å². The van der Waals surface area contributed by atoms with Crippen LogP contribution < -0.4 is 14.4 Å². The van der Waals surface area contributed by atoms with Crippen molar-refractivity contribution in [1.29, 1.82) is 0 Å². The van der Waals surface area contributed by atoms with E-state index < -0.39 is 16.6 Å². The van der Waals surface area contributed by atoms with Gasteiger partial charge < -0.3 is 18.9 Å². The van der Waals surface area contributed by atoms with Gasteiger partial charge in [-0.1, -0.05) is 72.8 Å². The molecule has 0 saturated carbocycles. The molecule has 4 nitrogen and oxygen atoms in total. The Morgan fingerprint density at radius 2 is 1.21 bits per heavy atom. The number of ether oxygens (including phenoxy) is 2. The van der Waals surface area contributed by atoms with Gasteiger partial charge in [0, 0.05) is 44.5 Å². The summed E-state index contributed by atoms with van der Waals surface area (Å²) in [6, 6.07) is 39.8. The first-order chi connectivity index (χ1) is 22.8. The fourth-order valence-corrected chi connectivity index (χ4v) is 9.20. The van der Waals surface area contributed by atoms with Gasteiger partial charge in [0.05, 0.1) is 27.9 Å². The number of anilines is 2. The number of aromatic nitrogens is 1. The number of nitrogens with zero attached hydrogens (tertiary/aromatic N) is 2. The zero-order valence-electron chi connectivity index (χ0n) is 27.1. The summed E-state index contributed by atoms with van der Waals surface area (Å²) in [5.41, 5.74) is 10.1. The molecule has 0 bridgehead atoms. The molecule has 4 heterocycles. The fraction of sp³-hybridized carbons (Fsp3) is 0.209. The molecule has 1 aliphatic carbocycles. The molecule has 47 heavy (non-hydrogen) atoms. The number of rotatable bonds is 2. The summed E-state index contributed by atoms with van der Waals surface area (Å²) in [6.07, 6.45) is 7.74. The molecular weight excluding hydrogens is 576 g/mol. The number of hydrogen-bond donors (Lipinski definition) is 0. The van der Waals surface area contributed by atoms with Crippen LogP contribution in [0.5, 0.6) is 11.5 Å². The molecule has 0 N–H and O–H groups in total. The molecule has 1 aromatic heterocycles. The third-order valence-electron chi connectivity index (χ3n) is 11.5. The highest BCUT2D eigenvalue weighted by Crippen LogP contribution is 2.63. The van der Waals surface area contributed by atoms with E-state index in [2.05, 4.69) is 165 Å². The highest BCUT2D eigenvalue weighted by Gasteiger charge is 2.69. The average Bonchev–Trinajstić information content (AvgIpc) is 3.75. The molecule has 3 aliphatic heterocycles. The van der Waals surface area contributed by atoms with Crippen LogP contribution in [0.1, 0.15) is 50.8 Å². The van der Waals surface area contributed by atoms with Crippen LogP contribution >= 0.6 is 0 Å². The molecule has 4 heteroatoms. The summed E-state index contributed by atoms with van der Waals surface area (Å²) < 4.78 is 16.5. The first-order valence-corrected chi connectivity index (χ1v) is 16.7. The van der Waals surface area contributed by atoms with Gasteiger partial charge >= 0.3 is 0 Å². The van der Waals surface area contributed by atoms with Gasteiger partial charge in [0.1, 0.15) is 11.5 Å². The lowest BCUT2D eigenvalue weighted by molar-refractivity contribution is -0.169. The van der Waals surface area contributed by atoms with Gasteiger partial charge in [-0.15, -0.1) is 0 Å². The topological polar surface area (TPSA) is 26.6 Å². The van der Waals surface area contributed by atoms with Crippen molar-refractivity contribution >= 4 is 38.8 Å². The van der Waals surface area contributed by atoms with Gasteiger partial charge in [-0.05, 0) is 94.3 Å². The molecule has 0 fully saturated rings. The lowest BCUT2D eigenvalue weighted by Gasteiger charge is -2.44. The number of allylic oxidation sites excluding steroid dienone is 2. The minimum atomic E-state index is -0.912. The maximum Gasteiger partial charge on any atom is 0.269 e. The molecule has 0 saturated heterocycles. The van der Waals surface area contributed by atoms with Crippen molar-refractivity contribution < 1.29 is 9.47 Å². The summed E-state index contributed by atoms with van der Waals surface area (Å²) in [6.45, 7) is 9.14. The van der Waals surface area contributed by atoms with E-state index in [-0.39, 0.29) is 6.04 Å². The normalized spacial score (nSPS) is 22.5. The monoisotopic (exact) mass is 612 g/mol.